The number of nitrogens with zero attached hydrogens (tertiary/aromatic N) is 2. The van der Waals surface area contributed by atoms with E-state index >= 15 is 0 Å². The van der Waals surface area contributed by atoms with Gasteiger partial charge in [0.1, 0.15) is 0 Å². The summed E-state index contributed by atoms with van der Waals surface area (Å²) in [5.41, 5.74) is 4.72. The van der Waals surface area contributed by atoms with Gasteiger partial charge < -0.3 is 14.2 Å². The van der Waals surface area contributed by atoms with Crippen molar-refractivity contribution in [3.63, 3.8) is 0 Å². The molecule has 0 atom stereocenters. The van der Waals surface area contributed by atoms with Crippen molar-refractivity contribution >= 4 is 17.1 Å². The minimum atomic E-state index is -0.457. The molecule has 1 N–H and O–H groups in total. The zero-order chi connectivity index (χ0) is 18.4. The van der Waals surface area contributed by atoms with E-state index in [4.69, 9.17) is 14.2 Å². The van der Waals surface area contributed by atoms with Crippen molar-refractivity contribution in [2.24, 2.45) is 5.10 Å². The lowest BCUT2D eigenvalue weighted by atomic mass is 10.1. The molecule has 0 aromatic heterocycles. The SMILES string of the molecule is COc1cc(C(C)=NNc2cccc([N+](=O)[O-])c2)cc(OC)c1OC. The van der Waals surface area contributed by atoms with Crippen molar-refractivity contribution in [3.05, 3.63) is 52.1 Å². The van der Waals surface area contributed by atoms with Crippen molar-refractivity contribution in [1.29, 1.82) is 0 Å². The average molecular weight is 345 g/mol. The summed E-state index contributed by atoms with van der Waals surface area (Å²) >= 11 is 0. The molecule has 25 heavy (non-hydrogen) atoms. The number of nitro benzene ring substituents is 1. The van der Waals surface area contributed by atoms with Crippen LogP contribution in [0.3, 0.4) is 0 Å². The van der Waals surface area contributed by atoms with Crippen molar-refractivity contribution < 1.29 is 19.1 Å². The predicted octanol–water partition coefficient (Wildman–Crippen LogP) is 3.46. The van der Waals surface area contributed by atoms with Crippen molar-refractivity contribution in [1.82, 2.24) is 0 Å². The highest BCUT2D eigenvalue weighted by Crippen LogP contribution is 2.38. The first-order valence-electron chi connectivity index (χ1n) is 7.35. The maximum absolute atomic E-state index is 10.8. The summed E-state index contributed by atoms with van der Waals surface area (Å²) in [6, 6.07) is 9.65. The number of methoxy groups -OCH3 is 3. The number of nitro groups is 1. The molecule has 2 aromatic rings. The number of rotatable bonds is 7. The second-order valence-electron chi connectivity index (χ2n) is 5.03. The van der Waals surface area contributed by atoms with E-state index in [1.54, 1.807) is 31.2 Å². The van der Waals surface area contributed by atoms with Crippen LogP contribution in [0.15, 0.2) is 41.5 Å². The van der Waals surface area contributed by atoms with E-state index in [1.165, 1.54) is 33.5 Å². The molecule has 0 unspecified atom stereocenters. The van der Waals surface area contributed by atoms with Gasteiger partial charge in [-0.3, -0.25) is 15.5 Å². The van der Waals surface area contributed by atoms with Gasteiger partial charge in [0.15, 0.2) is 11.5 Å². The number of hydrogen-bond acceptors (Lipinski definition) is 7. The number of non-ortho nitro benzene ring substituents is 1. The Kier molecular flexibility index (Phi) is 5.78. The van der Waals surface area contributed by atoms with Crippen molar-refractivity contribution in [2.45, 2.75) is 6.92 Å². The van der Waals surface area contributed by atoms with Gasteiger partial charge >= 0.3 is 0 Å². The average Bonchev–Trinajstić information content (AvgIpc) is 2.64. The van der Waals surface area contributed by atoms with Crippen LogP contribution in [0.2, 0.25) is 0 Å². The molecule has 0 heterocycles. The lowest BCUT2D eigenvalue weighted by Crippen LogP contribution is -2.03. The molecule has 0 fully saturated rings. The standard InChI is InChI=1S/C17H19N3O5/c1-11(18-19-13-6-5-7-14(10-13)20(21)22)12-8-15(23-2)17(25-4)16(9-12)24-3/h5-10,19H,1-4H3. The van der Waals surface area contributed by atoms with E-state index in [-0.39, 0.29) is 5.69 Å². The molecular formula is C17H19N3O5. The van der Waals surface area contributed by atoms with Crippen molar-refractivity contribution in [2.75, 3.05) is 26.8 Å². The highest BCUT2D eigenvalue weighted by Gasteiger charge is 2.14. The monoisotopic (exact) mass is 345 g/mol. The summed E-state index contributed by atoms with van der Waals surface area (Å²) in [5, 5.41) is 15.1. The number of ether oxygens (including phenoxy) is 3. The van der Waals surface area contributed by atoms with Crippen LogP contribution in [0.1, 0.15) is 12.5 Å². The molecule has 0 amide bonds. The summed E-state index contributed by atoms with van der Waals surface area (Å²) in [7, 11) is 4.61. The number of hydrogen-bond donors (Lipinski definition) is 1. The van der Waals surface area contributed by atoms with Crippen LogP contribution in [0.5, 0.6) is 17.2 Å². The second kappa shape index (κ2) is 8.00. The molecule has 0 saturated heterocycles. The molecular weight excluding hydrogens is 326 g/mol. The summed E-state index contributed by atoms with van der Waals surface area (Å²) < 4.78 is 15.9. The minimum absolute atomic E-state index is 0.00867. The zero-order valence-corrected chi connectivity index (χ0v) is 14.4. The third kappa shape index (κ3) is 4.17. The Bertz CT molecular complexity index is 780. The fourth-order valence-electron chi connectivity index (χ4n) is 2.19. The largest absolute Gasteiger partial charge is 0.493 e. The third-order valence-corrected chi connectivity index (χ3v) is 3.49. The summed E-state index contributed by atoms with van der Waals surface area (Å²) in [6.45, 7) is 1.80. The Balaban J connectivity index is 2.30. The van der Waals surface area contributed by atoms with Gasteiger partial charge in [0.2, 0.25) is 5.75 Å². The van der Waals surface area contributed by atoms with Gasteiger partial charge in [-0.1, -0.05) is 6.07 Å². The molecule has 0 spiro atoms. The van der Waals surface area contributed by atoms with Gasteiger partial charge in [-0.15, -0.1) is 0 Å². The van der Waals surface area contributed by atoms with Gasteiger partial charge in [-0.25, -0.2) is 0 Å². The van der Waals surface area contributed by atoms with Crippen LogP contribution in [-0.4, -0.2) is 32.0 Å². The lowest BCUT2D eigenvalue weighted by Gasteiger charge is -2.14. The molecule has 8 nitrogen and oxygen atoms in total. The van der Waals surface area contributed by atoms with Crippen LogP contribution >= 0.6 is 0 Å². The van der Waals surface area contributed by atoms with Crippen LogP contribution in [-0.2, 0) is 0 Å². The molecule has 132 valence electrons. The van der Waals surface area contributed by atoms with Gasteiger partial charge in [0.25, 0.3) is 5.69 Å². The molecule has 0 aliphatic heterocycles. The van der Waals surface area contributed by atoms with Crippen molar-refractivity contribution in [3.8, 4) is 17.2 Å². The van der Waals surface area contributed by atoms with Crippen LogP contribution < -0.4 is 19.6 Å². The van der Waals surface area contributed by atoms with Crippen LogP contribution in [0.4, 0.5) is 11.4 Å². The fraction of sp³-hybridized carbons (Fsp3) is 0.235. The van der Waals surface area contributed by atoms with E-state index in [0.29, 0.717) is 28.6 Å². The summed E-state index contributed by atoms with van der Waals surface area (Å²) in [5.74, 6) is 1.52. The number of hydrazone groups is 1. The first-order chi connectivity index (χ1) is 12.0. The number of nitrogens with one attached hydrogen (secondary N) is 1. The Hall–Kier alpha value is -3.29. The van der Waals surface area contributed by atoms with E-state index in [9.17, 15) is 10.1 Å². The molecule has 0 bridgehead atoms. The number of benzene rings is 2. The quantitative estimate of drug-likeness (QED) is 0.469. The summed E-state index contributed by atoms with van der Waals surface area (Å²) in [6.07, 6.45) is 0. The molecule has 2 rings (SSSR count). The Morgan fingerprint density at radius 1 is 1.08 bits per heavy atom. The predicted molar refractivity (Wildman–Crippen MR) is 95.0 cm³/mol. The molecule has 2 aromatic carbocycles. The smallest absolute Gasteiger partial charge is 0.271 e. The molecule has 0 aliphatic rings. The Morgan fingerprint density at radius 2 is 1.72 bits per heavy atom. The molecule has 0 aliphatic carbocycles. The maximum Gasteiger partial charge on any atom is 0.271 e. The van der Waals surface area contributed by atoms with E-state index in [0.717, 1.165) is 5.56 Å². The third-order valence-electron chi connectivity index (χ3n) is 3.49. The number of anilines is 1. The van der Waals surface area contributed by atoms with E-state index < -0.39 is 4.92 Å². The first-order valence-corrected chi connectivity index (χ1v) is 7.35. The topological polar surface area (TPSA) is 95.2 Å². The van der Waals surface area contributed by atoms with Gasteiger partial charge in [0.05, 0.1) is 37.7 Å². The van der Waals surface area contributed by atoms with Crippen LogP contribution in [0, 0.1) is 10.1 Å². The fourth-order valence-corrected chi connectivity index (χ4v) is 2.19. The highest BCUT2D eigenvalue weighted by atomic mass is 16.6. The molecule has 8 heteroatoms. The lowest BCUT2D eigenvalue weighted by molar-refractivity contribution is -0.384. The maximum atomic E-state index is 10.8. The Morgan fingerprint density at radius 3 is 2.24 bits per heavy atom. The first kappa shape index (κ1) is 18.1. The Labute approximate surface area is 145 Å². The van der Waals surface area contributed by atoms with Gasteiger partial charge in [-0.2, -0.15) is 5.10 Å². The van der Waals surface area contributed by atoms with Gasteiger partial charge in [-0.05, 0) is 25.1 Å². The normalized spacial score (nSPS) is 11.0. The zero-order valence-electron chi connectivity index (χ0n) is 14.4. The van der Waals surface area contributed by atoms with E-state index in [2.05, 4.69) is 10.5 Å². The van der Waals surface area contributed by atoms with E-state index in [1.807, 2.05) is 0 Å². The molecule has 0 radical (unpaired) electrons. The second-order valence-corrected chi connectivity index (χ2v) is 5.03. The summed E-state index contributed by atoms with van der Waals surface area (Å²) in [4.78, 5) is 10.4. The minimum Gasteiger partial charge on any atom is -0.493 e. The molecule has 0 saturated carbocycles. The van der Waals surface area contributed by atoms with Crippen LogP contribution in [0.25, 0.3) is 0 Å². The van der Waals surface area contributed by atoms with Gasteiger partial charge in [0, 0.05) is 17.7 Å². The highest BCUT2D eigenvalue weighted by molar-refractivity contribution is 6.00.